The Labute approximate surface area is 118 Å². The second-order valence-electron chi connectivity index (χ2n) is 5.55. The fourth-order valence-electron chi connectivity index (χ4n) is 3.49. The number of rotatable bonds is 2. The van der Waals surface area contributed by atoms with E-state index < -0.39 is 10.0 Å². The summed E-state index contributed by atoms with van der Waals surface area (Å²) in [6.07, 6.45) is 3.35. The second-order valence-corrected chi connectivity index (χ2v) is 7.95. The molecule has 2 unspecified atom stereocenters. The summed E-state index contributed by atoms with van der Waals surface area (Å²) in [7, 11) is -3.46. The number of aromatic nitrogens is 2. The molecule has 1 aromatic heterocycles. The van der Waals surface area contributed by atoms with Gasteiger partial charge in [-0.1, -0.05) is 0 Å². The van der Waals surface area contributed by atoms with Crippen molar-refractivity contribution >= 4 is 21.6 Å². The number of alkyl halides is 1. The van der Waals surface area contributed by atoms with Gasteiger partial charge in [0.1, 0.15) is 4.90 Å². The minimum atomic E-state index is -3.46. The Morgan fingerprint density at radius 3 is 2.32 bits per heavy atom. The van der Waals surface area contributed by atoms with Gasteiger partial charge >= 0.3 is 0 Å². The van der Waals surface area contributed by atoms with Gasteiger partial charge in [0.05, 0.1) is 11.4 Å². The zero-order chi connectivity index (χ0) is 13.8. The van der Waals surface area contributed by atoms with Gasteiger partial charge in [0.25, 0.3) is 0 Å². The van der Waals surface area contributed by atoms with E-state index in [2.05, 4.69) is 10.2 Å². The van der Waals surface area contributed by atoms with Crippen LogP contribution in [0.3, 0.4) is 0 Å². The highest BCUT2D eigenvalue weighted by Gasteiger charge is 2.47. The highest BCUT2D eigenvalue weighted by Crippen LogP contribution is 2.41. The predicted octanol–water partition coefficient (Wildman–Crippen LogP) is 1.95. The fourth-order valence-corrected chi connectivity index (χ4v) is 6.13. The number of H-pyrrole nitrogens is 1. The zero-order valence-electron chi connectivity index (χ0n) is 11.1. The molecule has 1 aromatic rings. The van der Waals surface area contributed by atoms with Gasteiger partial charge in [0.15, 0.2) is 0 Å². The van der Waals surface area contributed by atoms with Gasteiger partial charge in [-0.05, 0) is 39.5 Å². The van der Waals surface area contributed by atoms with Crippen LogP contribution in [-0.2, 0) is 10.0 Å². The van der Waals surface area contributed by atoms with Crippen LogP contribution < -0.4 is 0 Å². The molecule has 2 atom stereocenters. The molecule has 7 heteroatoms. The minimum Gasteiger partial charge on any atom is -0.281 e. The van der Waals surface area contributed by atoms with Crippen LogP contribution >= 0.6 is 11.6 Å². The van der Waals surface area contributed by atoms with Crippen molar-refractivity contribution in [1.29, 1.82) is 0 Å². The molecule has 0 amide bonds. The van der Waals surface area contributed by atoms with Crippen molar-refractivity contribution in [1.82, 2.24) is 14.5 Å². The molecule has 19 heavy (non-hydrogen) atoms. The monoisotopic (exact) mass is 303 g/mol. The van der Waals surface area contributed by atoms with Crippen LogP contribution in [0.25, 0.3) is 0 Å². The zero-order valence-corrected chi connectivity index (χ0v) is 12.6. The molecule has 3 rings (SSSR count). The van der Waals surface area contributed by atoms with E-state index in [1.54, 1.807) is 18.2 Å². The fraction of sp³-hybridized carbons (Fsp3) is 0.750. The number of piperidine rings is 1. The van der Waals surface area contributed by atoms with Crippen LogP contribution in [0, 0.1) is 13.8 Å². The summed E-state index contributed by atoms with van der Waals surface area (Å²) in [5.41, 5.74) is 1.16. The topological polar surface area (TPSA) is 66.1 Å². The summed E-state index contributed by atoms with van der Waals surface area (Å²) in [5.74, 6) is 0. The number of fused-ring (bicyclic) bond motifs is 2. The van der Waals surface area contributed by atoms with Gasteiger partial charge in [-0.15, -0.1) is 11.6 Å². The molecule has 2 saturated heterocycles. The van der Waals surface area contributed by atoms with Crippen molar-refractivity contribution in [2.45, 2.75) is 61.9 Å². The van der Waals surface area contributed by atoms with Gasteiger partial charge in [-0.25, -0.2) is 8.42 Å². The number of hydrogen-bond acceptors (Lipinski definition) is 3. The first kappa shape index (κ1) is 13.4. The third-order valence-electron chi connectivity index (χ3n) is 4.20. The predicted molar refractivity (Wildman–Crippen MR) is 72.8 cm³/mol. The minimum absolute atomic E-state index is 0.0555. The average molecular weight is 304 g/mol. The molecule has 0 aliphatic carbocycles. The van der Waals surface area contributed by atoms with Crippen molar-refractivity contribution in [2.75, 3.05) is 0 Å². The molecule has 2 fully saturated rings. The van der Waals surface area contributed by atoms with E-state index in [0.29, 0.717) is 16.3 Å². The van der Waals surface area contributed by atoms with Gasteiger partial charge in [0, 0.05) is 17.5 Å². The highest BCUT2D eigenvalue weighted by atomic mass is 35.5. The molecular weight excluding hydrogens is 286 g/mol. The molecule has 5 nitrogen and oxygen atoms in total. The standard InChI is InChI=1S/C12H18ClN3O2S/c1-7-12(8(2)15-14-7)19(17,18)16-10-3-4-11(16)6-9(13)5-10/h9-11H,3-6H2,1-2H3,(H,14,15). The molecule has 2 bridgehead atoms. The third-order valence-corrected chi connectivity index (χ3v) is 6.83. The molecule has 0 radical (unpaired) electrons. The first-order valence-electron chi connectivity index (χ1n) is 6.60. The first-order valence-corrected chi connectivity index (χ1v) is 8.48. The maximum absolute atomic E-state index is 12.9. The van der Waals surface area contributed by atoms with Crippen LogP contribution in [0.15, 0.2) is 4.90 Å². The summed E-state index contributed by atoms with van der Waals surface area (Å²) in [5, 5.41) is 6.87. The Kier molecular flexibility index (Phi) is 3.15. The lowest BCUT2D eigenvalue weighted by molar-refractivity contribution is 0.251. The third kappa shape index (κ3) is 2.00. The molecule has 3 heterocycles. The number of aryl methyl sites for hydroxylation is 2. The van der Waals surface area contributed by atoms with Crippen molar-refractivity contribution in [2.24, 2.45) is 0 Å². The second kappa shape index (κ2) is 4.46. The van der Waals surface area contributed by atoms with Crippen LogP contribution in [0.2, 0.25) is 0 Å². The van der Waals surface area contributed by atoms with Crippen molar-refractivity contribution in [3.63, 3.8) is 0 Å². The maximum atomic E-state index is 12.9. The van der Waals surface area contributed by atoms with Crippen LogP contribution in [0.5, 0.6) is 0 Å². The van der Waals surface area contributed by atoms with E-state index in [1.807, 2.05) is 0 Å². The lowest BCUT2D eigenvalue weighted by atomic mass is 10.1. The van der Waals surface area contributed by atoms with E-state index in [9.17, 15) is 8.42 Å². The quantitative estimate of drug-likeness (QED) is 0.849. The Morgan fingerprint density at radius 1 is 1.26 bits per heavy atom. The molecule has 2 aliphatic heterocycles. The van der Waals surface area contributed by atoms with E-state index in [-0.39, 0.29) is 17.5 Å². The molecule has 2 aliphatic rings. The van der Waals surface area contributed by atoms with Crippen molar-refractivity contribution in [3.05, 3.63) is 11.4 Å². The number of aromatic amines is 1. The molecule has 0 aromatic carbocycles. The molecule has 0 saturated carbocycles. The van der Waals surface area contributed by atoms with Crippen molar-refractivity contribution in [3.8, 4) is 0 Å². The summed E-state index contributed by atoms with van der Waals surface area (Å²) >= 11 is 6.21. The smallest absolute Gasteiger partial charge is 0.247 e. The highest BCUT2D eigenvalue weighted by molar-refractivity contribution is 7.89. The maximum Gasteiger partial charge on any atom is 0.247 e. The molecule has 106 valence electrons. The van der Waals surface area contributed by atoms with Gasteiger partial charge in [-0.3, -0.25) is 5.10 Å². The lowest BCUT2D eigenvalue weighted by Crippen LogP contribution is -2.47. The van der Waals surface area contributed by atoms with Crippen molar-refractivity contribution < 1.29 is 8.42 Å². The normalized spacial score (nSPS) is 31.8. The number of hydrogen-bond donors (Lipinski definition) is 1. The van der Waals surface area contributed by atoms with E-state index in [4.69, 9.17) is 11.6 Å². The van der Waals surface area contributed by atoms with Gasteiger partial charge < -0.3 is 0 Å². The number of nitrogens with zero attached hydrogens (tertiary/aromatic N) is 2. The lowest BCUT2D eigenvalue weighted by Gasteiger charge is -2.35. The average Bonchev–Trinajstić information content (AvgIpc) is 2.79. The molecule has 0 spiro atoms. The van der Waals surface area contributed by atoms with Gasteiger partial charge in [0.2, 0.25) is 10.0 Å². The summed E-state index contributed by atoms with van der Waals surface area (Å²) in [4.78, 5) is 0.345. The number of halogens is 1. The van der Waals surface area contributed by atoms with Crippen LogP contribution in [-0.4, -0.2) is 40.4 Å². The Morgan fingerprint density at radius 2 is 1.84 bits per heavy atom. The van der Waals surface area contributed by atoms with Crippen LogP contribution in [0.4, 0.5) is 0 Å². The summed E-state index contributed by atoms with van der Waals surface area (Å²) < 4.78 is 27.5. The summed E-state index contributed by atoms with van der Waals surface area (Å²) in [6, 6.07) is 0.111. The molecule has 1 N–H and O–H groups in total. The largest absolute Gasteiger partial charge is 0.281 e. The Balaban J connectivity index is 2.03. The van der Waals surface area contributed by atoms with Crippen LogP contribution in [0.1, 0.15) is 37.1 Å². The van der Waals surface area contributed by atoms with E-state index in [1.165, 1.54) is 0 Å². The molecular formula is C12H18ClN3O2S. The Hall–Kier alpha value is -0.590. The van der Waals surface area contributed by atoms with Gasteiger partial charge in [-0.2, -0.15) is 9.40 Å². The Bertz CT molecular complexity index is 565. The van der Waals surface area contributed by atoms with E-state index in [0.717, 1.165) is 25.7 Å². The number of sulfonamides is 1. The summed E-state index contributed by atoms with van der Waals surface area (Å²) in [6.45, 7) is 3.48. The van der Waals surface area contributed by atoms with E-state index >= 15 is 0 Å². The first-order chi connectivity index (χ1) is 8.91. The number of nitrogens with one attached hydrogen (secondary N) is 1. The SMILES string of the molecule is Cc1n[nH]c(C)c1S(=O)(=O)N1C2CCC1CC(Cl)C2.